The van der Waals surface area contributed by atoms with Crippen molar-refractivity contribution < 1.29 is 18.4 Å². The van der Waals surface area contributed by atoms with Crippen LogP contribution in [0, 0.1) is 18.6 Å². The molecule has 31 heavy (non-hydrogen) atoms. The lowest BCUT2D eigenvalue weighted by atomic mass is 10.1. The Labute approximate surface area is 181 Å². The van der Waals surface area contributed by atoms with Gasteiger partial charge in [-0.15, -0.1) is 10.2 Å². The number of likely N-dealkylation sites (tertiary alicyclic amines) is 1. The summed E-state index contributed by atoms with van der Waals surface area (Å²) in [6.45, 7) is 2.32. The topological polar surface area (TPSA) is 87.2 Å². The Morgan fingerprint density at radius 1 is 1.13 bits per heavy atom. The van der Waals surface area contributed by atoms with Crippen LogP contribution >= 0.6 is 11.3 Å². The fourth-order valence-corrected chi connectivity index (χ4v) is 4.16. The molecular formula is C21H19F2N5O2S. The molecule has 0 aliphatic carbocycles. The van der Waals surface area contributed by atoms with E-state index in [1.54, 1.807) is 0 Å². The lowest BCUT2D eigenvalue weighted by Crippen LogP contribution is -2.45. The fourth-order valence-electron chi connectivity index (χ4n) is 3.42. The first-order valence-electron chi connectivity index (χ1n) is 9.65. The zero-order valence-electron chi connectivity index (χ0n) is 16.6. The van der Waals surface area contributed by atoms with Gasteiger partial charge in [0, 0.05) is 18.2 Å². The van der Waals surface area contributed by atoms with E-state index in [1.165, 1.54) is 16.2 Å². The van der Waals surface area contributed by atoms with E-state index in [0.29, 0.717) is 35.6 Å². The minimum absolute atomic E-state index is 0.149. The van der Waals surface area contributed by atoms with Gasteiger partial charge in [0.2, 0.25) is 11.0 Å². The van der Waals surface area contributed by atoms with Crippen LogP contribution in [-0.4, -0.2) is 39.6 Å². The van der Waals surface area contributed by atoms with Gasteiger partial charge in [0.1, 0.15) is 22.7 Å². The lowest BCUT2D eigenvalue weighted by molar-refractivity contribution is -0.119. The van der Waals surface area contributed by atoms with Crippen LogP contribution in [0.1, 0.15) is 18.4 Å². The van der Waals surface area contributed by atoms with Crippen molar-refractivity contribution in [1.29, 1.82) is 0 Å². The molecule has 2 aromatic carbocycles. The molecule has 0 spiro atoms. The Kier molecular flexibility index (Phi) is 5.90. The average Bonchev–Trinajstić information content (AvgIpc) is 3.40. The van der Waals surface area contributed by atoms with Crippen LogP contribution in [-0.2, 0) is 4.79 Å². The highest BCUT2D eigenvalue weighted by molar-refractivity contribution is 7.18. The second-order valence-corrected chi connectivity index (χ2v) is 8.15. The SMILES string of the molecule is Cc1cccc(-c2nnc(NC(=O)C3CCCN3C(=O)Nc3ccc(F)cc3F)s2)c1. The first-order valence-corrected chi connectivity index (χ1v) is 10.5. The van der Waals surface area contributed by atoms with E-state index in [1.807, 2.05) is 31.2 Å². The molecule has 1 aromatic heterocycles. The standard InChI is InChI=1S/C21H19F2N5O2S/c1-12-4-2-5-13(10-12)19-26-27-20(31-19)25-18(29)17-6-3-9-28(17)21(30)24-16-8-7-14(22)11-15(16)23/h2,4-5,7-8,10-11,17H,3,6,9H2,1H3,(H,24,30)(H,25,27,29). The maximum absolute atomic E-state index is 13.8. The summed E-state index contributed by atoms with van der Waals surface area (Å²) in [7, 11) is 0. The molecule has 1 aliphatic rings. The summed E-state index contributed by atoms with van der Waals surface area (Å²) in [5.41, 5.74) is 1.84. The molecule has 10 heteroatoms. The summed E-state index contributed by atoms with van der Waals surface area (Å²) in [5.74, 6) is -2.01. The summed E-state index contributed by atoms with van der Waals surface area (Å²) in [4.78, 5) is 26.7. The number of carbonyl (C=O) groups excluding carboxylic acids is 2. The highest BCUT2D eigenvalue weighted by Gasteiger charge is 2.35. The number of carbonyl (C=O) groups is 2. The number of benzene rings is 2. The molecule has 7 nitrogen and oxygen atoms in total. The van der Waals surface area contributed by atoms with Gasteiger partial charge in [-0.3, -0.25) is 10.1 Å². The fraction of sp³-hybridized carbons (Fsp3) is 0.238. The maximum atomic E-state index is 13.8. The number of hydrogen-bond acceptors (Lipinski definition) is 5. The maximum Gasteiger partial charge on any atom is 0.322 e. The number of amides is 3. The number of hydrogen-bond donors (Lipinski definition) is 2. The molecule has 0 bridgehead atoms. The number of aromatic nitrogens is 2. The number of rotatable bonds is 4. The monoisotopic (exact) mass is 443 g/mol. The van der Waals surface area contributed by atoms with Gasteiger partial charge in [0.25, 0.3) is 0 Å². The van der Waals surface area contributed by atoms with Gasteiger partial charge in [0.15, 0.2) is 0 Å². The summed E-state index contributed by atoms with van der Waals surface area (Å²) in [6, 6.07) is 9.31. The summed E-state index contributed by atoms with van der Waals surface area (Å²) < 4.78 is 26.9. The minimum Gasteiger partial charge on any atom is -0.312 e. The molecule has 1 aliphatic heterocycles. The largest absolute Gasteiger partial charge is 0.322 e. The third-order valence-corrected chi connectivity index (χ3v) is 5.80. The zero-order chi connectivity index (χ0) is 22.0. The molecule has 1 unspecified atom stereocenters. The summed E-state index contributed by atoms with van der Waals surface area (Å²) in [6.07, 6.45) is 1.09. The zero-order valence-corrected chi connectivity index (χ0v) is 17.4. The molecule has 1 fully saturated rings. The van der Waals surface area contributed by atoms with Crippen molar-refractivity contribution in [2.75, 3.05) is 17.2 Å². The summed E-state index contributed by atoms with van der Waals surface area (Å²) >= 11 is 1.24. The van der Waals surface area contributed by atoms with Crippen LogP contribution in [0.25, 0.3) is 10.6 Å². The molecule has 1 atom stereocenters. The van der Waals surface area contributed by atoms with Gasteiger partial charge in [-0.1, -0.05) is 35.1 Å². The Morgan fingerprint density at radius 3 is 2.74 bits per heavy atom. The van der Waals surface area contributed by atoms with E-state index in [2.05, 4.69) is 20.8 Å². The van der Waals surface area contributed by atoms with Crippen LogP contribution in [0.5, 0.6) is 0 Å². The molecule has 2 heterocycles. The number of nitrogens with one attached hydrogen (secondary N) is 2. The molecule has 3 aromatic rings. The van der Waals surface area contributed by atoms with E-state index in [9.17, 15) is 18.4 Å². The van der Waals surface area contributed by atoms with Crippen LogP contribution < -0.4 is 10.6 Å². The Hall–Kier alpha value is -3.40. The van der Waals surface area contributed by atoms with Crippen molar-refractivity contribution in [3.05, 3.63) is 59.7 Å². The molecule has 160 valence electrons. The average molecular weight is 443 g/mol. The van der Waals surface area contributed by atoms with Crippen LogP contribution in [0.2, 0.25) is 0 Å². The molecule has 0 radical (unpaired) electrons. The van der Waals surface area contributed by atoms with Gasteiger partial charge >= 0.3 is 6.03 Å². The number of urea groups is 1. The van der Waals surface area contributed by atoms with Crippen molar-refractivity contribution in [1.82, 2.24) is 15.1 Å². The van der Waals surface area contributed by atoms with E-state index in [4.69, 9.17) is 0 Å². The van der Waals surface area contributed by atoms with E-state index in [0.717, 1.165) is 23.3 Å². The number of halogens is 2. The van der Waals surface area contributed by atoms with Crippen LogP contribution in [0.4, 0.5) is 24.4 Å². The van der Waals surface area contributed by atoms with Crippen LogP contribution in [0.3, 0.4) is 0 Å². The molecule has 0 saturated carbocycles. The number of anilines is 2. The number of nitrogens with zero attached hydrogens (tertiary/aromatic N) is 3. The Morgan fingerprint density at radius 2 is 1.97 bits per heavy atom. The molecule has 3 amide bonds. The second-order valence-electron chi connectivity index (χ2n) is 7.18. The van der Waals surface area contributed by atoms with E-state index >= 15 is 0 Å². The minimum atomic E-state index is -0.883. The van der Waals surface area contributed by atoms with E-state index < -0.39 is 23.7 Å². The predicted molar refractivity (Wildman–Crippen MR) is 114 cm³/mol. The third-order valence-electron chi connectivity index (χ3n) is 4.91. The van der Waals surface area contributed by atoms with Gasteiger partial charge in [0.05, 0.1) is 5.69 Å². The Balaban J connectivity index is 1.43. The van der Waals surface area contributed by atoms with Gasteiger partial charge in [-0.25, -0.2) is 13.6 Å². The molecule has 2 N–H and O–H groups in total. The van der Waals surface area contributed by atoms with Gasteiger partial charge < -0.3 is 10.2 Å². The second kappa shape index (κ2) is 8.76. The number of aryl methyl sites for hydroxylation is 1. The molecule has 1 saturated heterocycles. The predicted octanol–water partition coefficient (Wildman–Crippen LogP) is 4.43. The molecule has 4 rings (SSSR count). The lowest BCUT2D eigenvalue weighted by Gasteiger charge is -2.23. The highest BCUT2D eigenvalue weighted by atomic mass is 32.1. The first kappa shape index (κ1) is 20.9. The van der Waals surface area contributed by atoms with Gasteiger partial charge in [-0.2, -0.15) is 0 Å². The van der Waals surface area contributed by atoms with Crippen molar-refractivity contribution in [2.24, 2.45) is 0 Å². The third kappa shape index (κ3) is 4.69. The van der Waals surface area contributed by atoms with Crippen molar-refractivity contribution in [3.8, 4) is 10.6 Å². The smallest absolute Gasteiger partial charge is 0.312 e. The van der Waals surface area contributed by atoms with Crippen molar-refractivity contribution >= 4 is 34.1 Å². The van der Waals surface area contributed by atoms with Crippen LogP contribution in [0.15, 0.2) is 42.5 Å². The first-order chi connectivity index (χ1) is 14.9. The Bertz CT molecular complexity index is 1140. The van der Waals surface area contributed by atoms with Crippen molar-refractivity contribution in [2.45, 2.75) is 25.8 Å². The van der Waals surface area contributed by atoms with Gasteiger partial charge in [-0.05, 0) is 38.0 Å². The normalized spacial score (nSPS) is 15.7. The van der Waals surface area contributed by atoms with E-state index in [-0.39, 0.29) is 11.6 Å². The van der Waals surface area contributed by atoms with Crippen molar-refractivity contribution in [3.63, 3.8) is 0 Å². The quantitative estimate of drug-likeness (QED) is 0.625. The molecular weight excluding hydrogens is 424 g/mol. The summed E-state index contributed by atoms with van der Waals surface area (Å²) in [5, 5.41) is 14.3. The highest BCUT2D eigenvalue weighted by Crippen LogP contribution is 2.28.